The third kappa shape index (κ3) is 4.74. The number of nitrogens with zero attached hydrogens (tertiary/aromatic N) is 3. The molecule has 23 heavy (non-hydrogen) atoms. The van der Waals surface area contributed by atoms with Gasteiger partial charge in [-0.15, -0.1) is 0 Å². The van der Waals surface area contributed by atoms with Gasteiger partial charge in [-0.1, -0.05) is 13.3 Å². The lowest BCUT2D eigenvalue weighted by atomic mass is 10.2. The molecule has 0 spiro atoms. The van der Waals surface area contributed by atoms with Crippen molar-refractivity contribution >= 4 is 17.4 Å². The zero-order chi connectivity index (χ0) is 16.8. The molecule has 0 aliphatic carbocycles. The summed E-state index contributed by atoms with van der Waals surface area (Å²) in [4.78, 5) is 22.6. The Hall–Kier alpha value is -2.50. The highest BCUT2D eigenvalue weighted by atomic mass is 19.1. The van der Waals surface area contributed by atoms with Crippen LogP contribution in [-0.4, -0.2) is 34.4 Å². The van der Waals surface area contributed by atoms with E-state index in [-0.39, 0.29) is 11.7 Å². The molecule has 0 atom stereocenters. The third-order valence-corrected chi connectivity index (χ3v) is 3.37. The van der Waals surface area contributed by atoms with E-state index in [4.69, 9.17) is 0 Å². The average Bonchev–Trinajstić information content (AvgIpc) is 2.53. The Morgan fingerprint density at radius 1 is 1.26 bits per heavy atom. The zero-order valence-corrected chi connectivity index (χ0v) is 13.6. The van der Waals surface area contributed by atoms with Crippen LogP contribution in [0.3, 0.4) is 0 Å². The number of benzene rings is 1. The van der Waals surface area contributed by atoms with E-state index in [9.17, 15) is 9.18 Å². The van der Waals surface area contributed by atoms with Crippen LogP contribution in [0.4, 0.5) is 15.9 Å². The van der Waals surface area contributed by atoms with Gasteiger partial charge in [0.1, 0.15) is 23.2 Å². The molecule has 0 unspecified atom stereocenters. The lowest BCUT2D eigenvalue weighted by molar-refractivity contribution is 0.0787. The fourth-order valence-corrected chi connectivity index (χ4v) is 2.11. The highest BCUT2D eigenvalue weighted by Crippen LogP contribution is 2.16. The van der Waals surface area contributed by atoms with Crippen LogP contribution in [0, 0.1) is 12.7 Å². The van der Waals surface area contributed by atoms with Crippen LogP contribution in [0.1, 0.15) is 36.1 Å². The number of rotatable bonds is 6. The van der Waals surface area contributed by atoms with Crippen molar-refractivity contribution in [2.24, 2.45) is 0 Å². The van der Waals surface area contributed by atoms with Crippen molar-refractivity contribution in [1.29, 1.82) is 0 Å². The predicted molar refractivity (Wildman–Crippen MR) is 88.3 cm³/mol. The molecule has 1 amide bonds. The summed E-state index contributed by atoms with van der Waals surface area (Å²) in [7, 11) is 1.77. The molecule has 0 aliphatic heterocycles. The smallest absolute Gasteiger partial charge is 0.272 e. The predicted octanol–water partition coefficient (Wildman–Crippen LogP) is 3.54. The molecule has 1 aromatic heterocycles. The van der Waals surface area contributed by atoms with E-state index >= 15 is 0 Å². The second-order valence-electron chi connectivity index (χ2n) is 5.40. The summed E-state index contributed by atoms with van der Waals surface area (Å²) in [6.07, 6.45) is 1.98. The molecule has 0 saturated heterocycles. The highest BCUT2D eigenvalue weighted by Gasteiger charge is 2.15. The quantitative estimate of drug-likeness (QED) is 0.885. The number of aryl methyl sites for hydroxylation is 1. The molecular formula is C17H21FN4O. The number of carbonyl (C=O) groups excluding carboxylic acids is 1. The van der Waals surface area contributed by atoms with Gasteiger partial charge in [0.2, 0.25) is 0 Å². The number of anilines is 2. The minimum absolute atomic E-state index is 0.133. The van der Waals surface area contributed by atoms with E-state index in [0.29, 0.717) is 29.6 Å². The minimum Gasteiger partial charge on any atom is -0.340 e. The number of carbonyl (C=O) groups is 1. The van der Waals surface area contributed by atoms with Gasteiger partial charge in [0.15, 0.2) is 0 Å². The van der Waals surface area contributed by atoms with Gasteiger partial charge in [-0.2, -0.15) is 0 Å². The molecule has 5 nitrogen and oxygen atoms in total. The number of hydrogen-bond acceptors (Lipinski definition) is 4. The van der Waals surface area contributed by atoms with E-state index in [1.54, 1.807) is 37.1 Å². The molecule has 2 aromatic rings. The van der Waals surface area contributed by atoms with Crippen LogP contribution >= 0.6 is 0 Å². The molecule has 0 aliphatic rings. The van der Waals surface area contributed by atoms with E-state index < -0.39 is 0 Å². The maximum absolute atomic E-state index is 12.9. The van der Waals surface area contributed by atoms with E-state index in [0.717, 1.165) is 12.8 Å². The van der Waals surface area contributed by atoms with Gasteiger partial charge in [-0.05, 0) is 37.6 Å². The summed E-state index contributed by atoms with van der Waals surface area (Å²) in [5.74, 6) is 0.578. The fourth-order valence-electron chi connectivity index (χ4n) is 2.11. The molecule has 0 radical (unpaired) electrons. The summed E-state index contributed by atoms with van der Waals surface area (Å²) in [5, 5.41) is 3.06. The minimum atomic E-state index is -0.303. The number of aromatic nitrogens is 2. The van der Waals surface area contributed by atoms with E-state index in [1.165, 1.54) is 12.1 Å². The van der Waals surface area contributed by atoms with Crippen LogP contribution in [0.25, 0.3) is 0 Å². The summed E-state index contributed by atoms with van der Waals surface area (Å²) in [6.45, 7) is 4.51. The highest BCUT2D eigenvalue weighted by molar-refractivity contribution is 5.93. The Labute approximate surface area is 135 Å². The summed E-state index contributed by atoms with van der Waals surface area (Å²) in [5.41, 5.74) is 1.04. The molecule has 0 bridgehead atoms. The fraction of sp³-hybridized carbons (Fsp3) is 0.353. The van der Waals surface area contributed by atoms with Crippen molar-refractivity contribution in [1.82, 2.24) is 14.9 Å². The maximum atomic E-state index is 12.9. The average molecular weight is 316 g/mol. The van der Waals surface area contributed by atoms with Crippen molar-refractivity contribution in [3.05, 3.63) is 47.7 Å². The molecule has 6 heteroatoms. The standard InChI is InChI=1S/C17H21FN4O/c1-4-5-10-22(3)17(23)15-11-16(20-12(2)19-15)21-14-8-6-13(18)7-9-14/h6-9,11H,4-5,10H2,1-3H3,(H,19,20,21). The van der Waals surface area contributed by atoms with Gasteiger partial charge in [0, 0.05) is 25.3 Å². The van der Waals surface area contributed by atoms with E-state index in [2.05, 4.69) is 22.2 Å². The molecule has 0 fully saturated rings. The molecule has 122 valence electrons. The normalized spacial score (nSPS) is 10.4. The number of amides is 1. The van der Waals surface area contributed by atoms with Crippen LogP contribution in [0.15, 0.2) is 30.3 Å². The maximum Gasteiger partial charge on any atom is 0.272 e. The number of hydrogen-bond donors (Lipinski definition) is 1. The topological polar surface area (TPSA) is 58.1 Å². The van der Waals surface area contributed by atoms with Crippen LogP contribution in [-0.2, 0) is 0 Å². The zero-order valence-electron chi connectivity index (χ0n) is 13.6. The second-order valence-corrected chi connectivity index (χ2v) is 5.40. The van der Waals surface area contributed by atoms with E-state index in [1.807, 2.05) is 0 Å². The first kappa shape index (κ1) is 16.9. The van der Waals surface area contributed by atoms with Crippen molar-refractivity contribution < 1.29 is 9.18 Å². The Balaban J connectivity index is 2.18. The van der Waals surface area contributed by atoms with Gasteiger partial charge in [-0.25, -0.2) is 14.4 Å². The molecule has 0 saturated carbocycles. The molecule has 1 aromatic carbocycles. The second kappa shape index (κ2) is 7.67. The van der Waals surface area contributed by atoms with Crippen LogP contribution < -0.4 is 5.32 Å². The van der Waals surface area contributed by atoms with Gasteiger partial charge in [0.05, 0.1) is 0 Å². The lowest BCUT2D eigenvalue weighted by Gasteiger charge is -2.17. The Morgan fingerprint density at radius 2 is 1.96 bits per heavy atom. The SMILES string of the molecule is CCCCN(C)C(=O)c1cc(Nc2ccc(F)cc2)nc(C)n1. The molecule has 1 heterocycles. The summed E-state index contributed by atoms with van der Waals surface area (Å²) >= 11 is 0. The van der Waals surface area contributed by atoms with Gasteiger partial charge < -0.3 is 10.2 Å². The Kier molecular flexibility index (Phi) is 5.62. The molecule has 1 N–H and O–H groups in total. The summed E-state index contributed by atoms with van der Waals surface area (Å²) in [6, 6.07) is 7.56. The summed E-state index contributed by atoms with van der Waals surface area (Å²) < 4.78 is 12.9. The lowest BCUT2D eigenvalue weighted by Crippen LogP contribution is -2.28. The Morgan fingerprint density at radius 3 is 2.61 bits per heavy atom. The van der Waals surface area contributed by atoms with Crippen molar-refractivity contribution in [3.63, 3.8) is 0 Å². The monoisotopic (exact) mass is 316 g/mol. The first-order chi connectivity index (χ1) is 11.0. The third-order valence-electron chi connectivity index (χ3n) is 3.37. The van der Waals surface area contributed by atoms with Crippen molar-refractivity contribution in [2.45, 2.75) is 26.7 Å². The first-order valence-corrected chi connectivity index (χ1v) is 7.63. The van der Waals surface area contributed by atoms with Gasteiger partial charge in [0.25, 0.3) is 5.91 Å². The number of unbranched alkanes of at least 4 members (excludes halogenated alkanes) is 1. The molecule has 2 rings (SSSR count). The van der Waals surface area contributed by atoms with Crippen LogP contribution in [0.5, 0.6) is 0 Å². The Bertz CT molecular complexity index is 673. The van der Waals surface area contributed by atoms with Gasteiger partial charge in [-0.3, -0.25) is 4.79 Å². The largest absolute Gasteiger partial charge is 0.340 e. The number of nitrogens with one attached hydrogen (secondary N) is 1. The van der Waals surface area contributed by atoms with Crippen molar-refractivity contribution in [2.75, 3.05) is 18.9 Å². The molecular weight excluding hydrogens is 295 g/mol. The van der Waals surface area contributed by atoms with Crippen LogP contribution in [0.2, 0.25) is 0 Å². The van der Waals surface area contributed by atoms with Gasteiger partial charge >= 0.3 is 0 Å². The number of halogens is 1. The first-order valence-electron chi connectivity index (χ1n) is 7.63. The van der Waals surface area contributed by atoms with Crippen molar-refractivity contribution in [3.8, 4) is 0 Å².